The molecule has 7 heteroatoms. The molecule has 0 saturated heterocycles. The van der Waals surface area contributed by atoms with Gasteiger partial charge in [0, 0.05) is 6.07 Å². The first-order valence-corrected chi connectivity index (χ1v) is 5.49. The molecule has 19 heavy (non-hydrogen) atoms. The van der Waals surface area contributed by atoms with Gasteiger partial charge in [-0.3, -0.25) is 4.79 Å². The third kappa shape index (κ3) is 2.44. The normalized spacial score (nSPS) is 10.7. The number of halogens is 2. The summed E-state index contributed by atoms with van der Waals surface area (Å²) in [5.74, 6) is -2.27. The van der Waals surface area contributed by atoms with Crippen molar-refractivity contribution in [3.8, 4) is 5.69 Å². The predicted octanol–water partition coefficient (Wildman–Crippen LogP) is 1.79. The third-order valence-corrected chi connectivity index (χ3v) is 2.77. The lowest BCUT2D eigenvalue weighted by molar-refractivity contribution is -0.136. The zero-order valence-electron chi connectivity index (χ0n) is 10.3. The van der Waals surface area contributed by atoms with Crippen molar-refractivity contribution < 1.29 is 18.7 Å². The average molecular weight is 267 g/mol. The topological polar surface area (TPSA) is 68.0 Å². The Morgan fingerprint density at radius 3 is 2.63 bits per heavy atom. The van der Waals surface area contributed by atoms with Gasteiger partial charge in [0.2, 0.25) is 0 Å². The number of carboxylic acid groups (broad SMARTS) is 1. The quantitative estimate of drug-likeness (QED) is 0.920. The summed E-state index contributed by atoms with van der Waals surface area (Å²) in [6, 6.07) is 2.07. The minimum absolute atomic E-state index is 0.0928. The van der Waals surface area contributed by atoms with Gasteiger partial charge in [0.25, 0.3) is 0 Å². The molecule has 0 unspecified atom stereocenters. The SMILES string of the molecule is Cc1cc(F)c(-n2nnc(CC(=O)O)c2C)cc1F. The van der Waals surface area contributed by atoms with Crippen molar-refractivity contribution in [2.45, 2.75) is 20.3 Å². The number of aryl methyl sites for hydroxylation is 1. The molecule has 1 heterocycles. The van der Waals surface area contributed by atoms with E-state index in [1.807, 2.05) is 0 Å². The maximum absolute atomic E-state index is 13.8. The number of hydrogen-bond donors (Lipinski definition) is 1. The van der Waals surface area contributed by atoms with E-state index in [9.17, 15) is 13.6 Å². The van der Waals surface area contributed by atoms with E-state index in [4.69, 9.17) is 5.11 Å². The van der Waals surface area contributed by atoms with Gasteiger partial charge in [0.1, 0.15) is 17.3 Å². The van der Waals surface area contributed by atoms with Crippen LogP contribution in [0, 0.1) is 25.5 Å². The van der Waals surface area contributed by atoms with E-state index < -0.39 is 17.6 Å². The smallest absolute Gasteiger partial charge is 0.309 e. The number of rotatable bonds is 3. The number of carboxylic acids is 1. The largest absolute Gasteiger partial charge is 0.481 e. The average Bonchev–Trinajstić information content (AvgIpc) is 2.65. The lowest BCUT2D eigenvalue weighted by Gasteiger charge is -2.06. The molecule has 0 bridgehead atoms. The minimum Gasteiger partial charge on any atom is -0.481 e. The number of aromatic nitrogens is 3. The molecule has 0 amide bonds. The number of carbonyl (C=O) groups is 1. The summed E-state index contributed by atoms with van der Waals surface area (Å²) >= 11 is 0. The second-order valence-electron chi connectivity index (χ2n) is 4.16. The standard InChI is InChI=1S/C12H11F2N3O2/c1-6-3-9(14)11(4-8(6)13)17-7(2)10(15-16-17)5-12(18)19/h3-4H,5H2,1-2H3,(H,18,19). The zero-order chi connectivity index (χ0) is 14.2. The highest BCUT2D eigenvalue weighted by molar-refractivity contribution is 5.69. The summed E-state index contributed by atoms with van der Waals surface area (Å²) in [6.45, 7) is 3.00. The Bertz CT molecular complexity index is 653. The zero-order valence-corrected chi connectivity index (χ0v) is 10.3. The summed E-state index contributed by atoms with van der Waals surface area (Å²) in [7, 11) is 0. The predicted molar refractivity (Wildman–Crippen MR) is 62.1 cm³/mol. The summed E-state index contributed by atoms with van der Waals surface area (Å²) in [5, 5.41) is 16.0. The minimum atomic E-state index is -1.06. The van der Waals surface area contributed by atoms with Crippen molar-refractivity contribution in [1.82, 2.24) is 15.0 Å². The van der Waals surface area contributed by atoms with E-state index in [0.717, 1.165) is 16.8 Å². The first-order valence-electron chi connectivity index (χ1n) is 5.49. The maximum Gasteiger partial charge on any atom is 0.309 e. The van der Waals surface area contributed by atoms with Crippen LogP contribution in [0.15, 0.2) is 12.1 Å². The van der Waals surface area contributed by atoms with Crippen LogP contribution in [0.25, 0.3) is 5.69 Å². The maximum atomic E-state index is 13.8. The van der Waals surface area contributed by atoms with E-state index in [2.05, 4.69) is 10.3 Å². The molecular weight excluding hydrogens is 256 g/mol. The molecule has 0 spiro atoms. The van der Waals surface area contributed by atoms with Crippen molar-refractivity contribution in [2.24, 2.45) is 0 Å². The lowest BCUT2D eigenvalue weighted by atomic mass is 10.2. The van der Waals surface area contributed by atoms with Crippen molar-refractivity contribution in [2.75, 3.05) is 0 Å². The van der Waals surface area contributed by atoms with Crippen LogP contribution >= 0.6 is 0 Å². The molecule has 0 fully saturated rings. The molecule has 2 rings (SSSR count). The van der Waals surface area contributed by atoms with Crippen LogP contribution in [0.4, 0.5) is 8.78 Å². The molecule has 0 aliphatic rings. The lowest BCUT2D eigenvalue weighted by Crippen LogP contribution is -2.06. The van der Waals surface area contributed by atoms with Crippen molar-refractivity contribution in [3.05, 3.63) is 40.7 Å². The van der Waals surface area contributed by atoms with Gasteiger partial charge in [-0.1, -0.05) is 5.21 Å². The molecule has 1 aromatic carbocycles. The van der Waals surface area contributed by atoms with Gasteiger partial charge in [0.05, 0.1) is 17.8 Å². The van der Waals surface area contributed by atoms with Gasteiger partial charge in [-0.05, 0) is 25.5 Å². The van der Waals surface area contributed by atoms with Crippen LogP contribution in [0.5, 0.6) is 0 Å². The Balaban J connectivity index is 2.51. The molecule has 0 atom stereocenters. The molecule has 0 aliphatic heterocycles. The molecule has 0 radical (unpaired) electrons. The molecule has 5 nitrogen and oxygen atoms in total. The van der Waals surface area contributed by atoms with E-state index in [0.29, 0.717) is 5.69 Å². The molecule has 1 N–H and O–H groups in total. The van der Waals surface area contributed by atoms with Crippen LogP contribution in [-0.2, 0) is 11.2 Å². The van der Waals surface area contributed by atoms with Gasteiger partial charge in [-0.25, -0.2) is 13.5 Å². The summed E-state index contributed by atoms with van der Waals surface area (Å²) in [6.07, 6.45) is -0.318. The van der Waals surface area contributed by atoms with Gasteiger partial charge < -0.3 is 5.11 Å². The van der Waals surface area contributed by atoms with Crippen molar-refractivity contribution in [3.63, 3.8) is 0 Å². The Kier molecular flexibility index (Phi) is 3.28. The second kappa shape index (κ2) is 4.75. The van der Waals surface area contributed by atoms with Crippen LogP contribution in [0.2, 0.25) is 0 Å². The first kappa shape index (κ1) is 13.1. The Labute approximate surface area is 107 Å². The van der Waals surface area contributed by atoms with Gasteiger partial charge in [-0.2, -0.15) is 0 Å². The third-order valence-electron chi connectivity index (χ3n) is 2.77. The molecule has 0 aliphatic carbocycles. The molecule has 0 saturated carbocycles. The fourth-order valence-electron chi connectivity index (χ4n) is 1.69. The Morgan fingerprint density at radius 2 is 2.00 bits per heavy atom. The van der Waals surface area contributed by atoms with E-state index >= 15 is 0 Å². The van der Waals surface area contributed by atoms with E-state index in [1.54, 1.807) is 6.92 Å². The Hall–Kier alpha value is -2.31. The van der Waals surface area contributed by atoms with E-state index in [1.165, 1.54) is 6.92 Å². The first-order chi connectivity index (χ1) is 8.90. The van der Waals surface area contributed by atoms with Crippen LogP contribution in [-0.4, -0.2) is 26.1 Å². The van der Waals surface area contributed by atoms with Crippen molar-refractivity contribution in [1.29, 1.82) is 0 Å². The summed E-state index contributed by atoms with van der Waals surface area (Å²) < 4.78 is 28.4. The number of aliphatic carboxylic acids is 1. The highest BCUT2D eigenvalue weighted by Gasteiger charge is 2.16. The fourth-order valence-corrected chi connectivity index (χ4v) is 1.69. The summed E-state index contributed by atoms with van der Waals surface area (Å²) in [5.41, 5.74) is 0.673. The highest BCUT2D eigenvalue weighted by Crippen LogP contribution is 2.19. The van der Waals surface area contributed by atoms with Crippen molar-refractivity contribution >= 4 is 5.97 Å². The molecule has 1 aromatic heterocycles. The van der Waals surface area contributed by atoms with Crippen LogP contribution < -0.4 is 0 Å². The van der Waals surface area contributed by atoms with Gasteiger partial charge in [-0.15, -0.1) is 5.10 Å². The Morgan fingerprint density at radius 1 is 1.32 bits per heavy atom. The second-order valence-corrected chi connectivity index (χ2v) is 4.16. The highest BCUT2D eigenvalue weighted by atomic mass is 19.1. The molecular formula is C12H11F2N3O2. The fraction of sp³-hybridized carbons (Fsp3) is 0.250. The molecule has 2 aromatic rings. The molecule has 100 valence electrons. The monoisotopic (exact) mass is 267 g/mol. The van der Waals surface area contributed by atoms with Gasteiger partial charge >= 0.3 is 5.97 Å². The van der Waals surface area contributed by atoms with Crippen LogP contribution in [0.1, 0.15) is 17.0 Å². The van der Waals surface area contributed by atoms with E-state index in [-0.39, 0.29) is 23.4 Å². The number of benzene rings is 1. The number of hydrogen-bond acceptors (Lipinski definition) is 3. The van der Waals surface area contributed by atoms with Crippen LogP contribution in [0.3, 0.4) is 0 Å². The number of nitrogens with zero attached hydrogens (tertiary/aromatic N) is 3. The van der Waals surface area contributed by atoms with Gasteiger partial charge in [0.15, 0.2) is 0 Å². The summed E-state index contributed by atoms with van der Waals surface area (Å²) in [4.78, 5) is 10.6.